The zero-order valence-electron chi connectivity index (χ0n) is 11.8. The zero-order chi connectivity index (χ0) is 16.0. The van der Waals surface area contributed by atoms with E-state index in [1.165, 1.54) is 6.08 Å². The summed E-state index contributed by atoms with van der Waals surface area (Å²) in [6, 6.07) is 5.05. The molecule has 0 saturated carbocycles. The van der Waals surface area contributed by atoms with Crippen molar-refractivity contribution in [2.75, 3.05) is 0 Å². The molecule has 0 saturated heterocycles. The van der Waals surface area contributed by atoms with Crippen LogP contribution in [-0.2, 0) is 4.79 Å². The summed E-state index contributed by atoms with van der Waals surface area (Å²) in [6.45, 7) is 7.22. The molecule has 0 aromatic heterocycles. The lowest BCUT2D eigenvalue weighted by molar-refractivity contribution is -0.132. The van der Waals surface area contributed by atoms with Crippen LogP contribution in [0.2, 0.25) is 5.02 Å². The van der Waals surface area contributed by atoms with E-state index in [2.05, 4.69) is 11.6 Å². The number of halogens is 1. The summed E-state index contributed by atoms with van der Waals surface area (Å²) in [5.74, 6) is -0.589. The quantitative estimate of drug-likeness (QED) is 0.366. The number of carboxylic acid groups (broad SMARTS) is 1. The maximum Gasteiger partial charge on any atom is 0.335 e. The van der Waals surface area contributed by atoms with Crippen molar-refractivity contribution in [2.24, 2.45) is 10.7 Å². The van der Waals surface area contributed by atoms with E-state index < -0.39 is 5.97 Å². The van der Waals surface area contributed by atoms with E-state index in [4.69, 9.17) is 27.2 Å². The highest BCUT2D eigenvalue weighted by atomic mass is 35.5. The number of carboxylic acids is 1. The summed E-state index contributed by atoms with van der Waals surface area (Å²) >= 11 is 6.14. The van der Waals surface area contributed by atoms with E-state index >= 15 is 0 Å². The van der Waals surface area contributed by atoms with Crippen LogP contribution in [0.5, 0.6) is 5.75 Å². The molecule has 0 aliphatic rings. The second kappa shape index (κ2) is 7.50. The average molecular weight is 309 g/mol. The molecule has 1 aromatic rings. The number of aliphatic imine (C=N–C) groups is 1. The number of nitrogens with two attached hydrogens (primary N) is 1. The molecule has 0 unspecified atom stereocenters. The second-order valence-corrected chi connectivity index (χ2v) is 4.86. The minimum absolute atomic E-state index is 0.00258. The number of ether oxygens (including phenoxy) is 1. The van der Waals surface area contributed by atoms with E-state index in [9.17, 15) is 4.79 Å². The van der Waals surface area contributed by atoms with Crippen LogP contribution in [0.3, 0.4) is 0 Å². The Kier molecular flexibility index (Phi) is 5.99. The van der Waals surface area contributed by atoms with Crippen molar-refractivity contribution in [1.29, 1.82) is 0 Å². The number of hydrogen-bond acceptors (Lipinski definition) is 3. The van der Waals surface area contributed by atoms with Gasteiger partial charge in [-0.15, -0.1) is 0 Å². The van der Waals surface area contributed by atoms with Gasteiger partial charge in [0.2, 0.25) is 0 Å². The van der Waals surface area contributed by atoms with Crippen molar-refractivity contribution in [3.05, 3.63) is 47.0 Å². The monoisotopic (exact) mass is 308 g/mol. The van der Waals surface area contributed by atoms with Crippen LogP contribution in [0.25, 0.3) is 5.70 Å². The summed E-state index contributed by atoms with van der Waals surface area (Å²) in [5, 5.41) is 9.27. The zero-order valence-corrected chi connectivity index (χ0v) is 12.6. The molecule has 0 atom stereocenters. The number of hydrogen-bond donors (Lipinski definition) is 2. The maximum absolute atomic E-state index is 10.8. The predicted octanol–water partition coefficient (Wildman–Crippen LogP) is 3.10. The first-order valence-electron chi connectivity index (χ1n) is 6.20. The van der Waals surface area contributed by atoms with Gasteiger partial charge in [-0.25, -0.2) is 9.79 Å². The van der Waals surface area contributed by atoms with E-state index in [-0.39, 0.29) is 11.7 Å². The number of nitrogens with zero attached hydrogens (tertiary/aromatic N) is 1. The van der Waals surface area contributed by atoms with Crippen molar-refractivity contribution in [3.63, 3.8) is 0 Å². The molecule has 3 N–H and O–H groups in total. The first kappa shape index (κ1) is 16.8. The van der Waals surface area contributed by atoms with Crippen molar-refractivity contribution in [3.8, 4) is 5.75 Å². The fraction of sp³-hybridized carbons (Fsp3) is 0.200. The maximum atomic E-state index is 10.8. The molecule has 112 valence electrons. The largest absolute Gasteiger partial charge is 0.489 e. The Balaban J connectivity index is 3.19. The van der Waals surface area contributed by atoms with Crippen molar-refractivity contribution < 1.29 is 14.6 Å². The first-order chi connectivity index (χ1) is 9.85. The Morgan fingerprint density at radius 2 is 2.19 bits per heavy atom. The Labute approximate surface area is 128 Å². The highest BCUT2D eigenvalue weighted by molar-refractivity contribution is 6.32. The van der Waals surface area contributed by atoms with Gasteiger partial charge >= 0.3 is 5.97 Å². The van der Waals surface area contributed by atoms with Crippen LogP contribution in [0, 0.1) is 0 Å². The molecule has 0 bridgehead atoms. The van der Waals surface area contributed by atoms with Gasteiger partial charge in [-0.3, -0.25) is 0 Å². The van der Waals surface area contributed by atoms with Gasteiger partial charge in [-0.05, 0) is 38.1 Å². The summed E-state index contributed by atoms with van der Waals surface area (Å²) in [7, 11) is 0. The third kappa shape index (κ3) is 4.96. The second-order valence-electron chi connectivity index (χ2n) is 4.45. The van der Waals surface area contributed by atoms with Crippen molar-refractivity contribution >= 4 is 29.6 Å². The third-order valence-corrected chi connectivity index (χ3v) is 2.68. The van der Waals surface area contributed by atoms with Gasteiger partial charge in [-0.2, -0.15) is 0 Å². The normalized spacial score (nSPS) is 11.9. The molecule has 21 heavy (non-hydrogen) atoms. The van der Waals surface area contributed by atoms with Crippen LogP contribution in [-0.4, -0.2) is 23.5 Å². The molecule has 0 fully saturated rings. The van der Waals surface area contributed by atoms with Crippen LogP contribution < -0.4 is 10.5 Å². The highest BCUT2D eigenvalue weighted by Crippen LogP contribution is 2.29. The minimum Gasteiger partial charge on any atom is -0.489 e. The topological polar surface area (TPSA) is 84.9 Å². The number of rotatable bonds is 6. The molecule has 0 amide bonds. The fourth-order valence-electron chi connectivity index (χ4n) is 1.51. The van der Waals surface area contributed by atoms with Gasteiger partial charge < -0.3 is 15.6 Å². The lowest BCUT2D eigenvalue weighted by Crippen LogP contribution is -2.06. The molecule has 0 heterocycles. The molecule has 0 radical (unpaired) electrons. The van der Waals surface area contributed by atoms with Crippen molar-refractivity contribution in [1.82, 2.24) is 0 Å². The van der Waals surface area contributed by atoms with Crippen LogP contribution in [0.4, 0.5) is 0 Å². The summed E-state index contributed by atoms with van der Waals surface area (Å²) in [6.07, 6.45) is 2.39. The molecule has 1 aromatic carbocycles. The van der Waals surface area contributed by atoms with Gasteiger partial charge in [0, 0.05) is 5.56 Å². The Morgan fingerprint density at radius 3 is 2.67 bits per heavy atom. The van der Waals surface area contributed by atoms with Crippen LogP contribution in [0.1, 0.15) is 19.4 Å². The summed E-state index contributed by atoms with van der Waals surface area (Å²) < 4.78 is 5.53. The number of aliphatic carboxylic acids is 1. The smallest absolute Gasteiger partial charge is 0.335 e. The Bertz CT molecular complexity index is 607. The summed E-state index contributed by atoms with van der Waals surface area (Å²) in [4.78, 5) is 14.8. The number of benzene rings is 1. The number of carbonyl (C=O) groups is 1. The SMILES string of the molecule is C=C(/C=C(\N=CN)c1ccc(OC(C)C)c(Cl)c1)C(=O)O. The highest BCUT2D eigenvalue weighted by Gasteiger charge is 2.09. The van der Waals surface area contributed by atoms with Gasteiger partial charge in [-0.1, -0.05) is 18.2 Å². The average Bonchev–Trinajstić information content (AvgIpc) is 2.40. The minimum atomic E-state index is -1.13. The Morgan fingerprint density at radius 1 is 1.52 bits per heavy atom. The van der Waals surface area contributed by atoms with Crippen molar-refractivity contribution in [2.45, 2.75) is 20.0 Å². The summed E-state index contributed by atoms with van der Waals surface area (Å²) in [5.41, 5.74) is 6.14. The first-order valence-corrected chi connectivity index (χ1v) is 6.57. The van der Waals surface area contributed by atoms with Crippen LogP contribution >= 0.6 is 11.6 Å². The predicted molar refractivity (Wildman–Crippen MR) is 84.6 cm³/mol. The third-order valence-electron chi connectivity index (χ3n) is 2.39. The molecule has 0 spiro atoms. The van der Waals surface area contributed by atoms with E-state index in [0.29, 0.717) is 22.0 Å². The van der Waals surface area contributed by atoms with Gasteiger partial charge in [0.05, 0.1) is 28.7 Å². The van der Waals surface area contributed by atoms with E-state index in [1.807, 2.05) is 13.8 Å². The molecule has 5 nitrogen and oxygen atoms in total. The van der Waals surface area contributed by atoms with E-state index in [1.54, 1.807) is 18.2 Å². The van der Waals surface area contributed by atoms with Crippen LogP contribution in [0.15, 0.2) is 41.4 Å². The lowest BCUT2D eigenvalue weighted by Gasteiger charge is -2.12. The Hall–Kier alpha value is -2.27. The van der Waals surface area contributed by atoms with Gasteiger partial charge in [0.25, 0.3) is 0 Å². The molecule has 0 aliphatic carbocycles. The fourth-order valence-corrected chi connectivity index (χ4v) is 1.74. The molecule has 1 rings (SSSR count). The van der Waals surface area contributed by atoms with Gasteiger partial charge in [0.1, 0.15) is 5.75 Å². The van der Waals surface area contributed by atoms with Gasteiger partial charge in [0.15, 0.2) is 0 Å². The molecular weight excluding hydrogens is 292 g/mol. The molecular formula is C15H17ClN2O3. The molecule has 6 heteroatoms. The molecule has 0 aliphatic heterocycles. The standard InChI is InChI=1S/C15H17ClN2O3/c1-9(2)21-14-5-4-11(7-12(14)16)13(18-8-17)6-10(3)15(19)20/h4-9H,3H2,1-2H3,(H2,17,18)(H,19,20)/b13-6-. The lowest BCUT2D eigenvalue weighted by atomic mass is 10.1. The van der Waals surface area contributed by atoms with E-state index in [0.717, 1.165) is 6.34 Å².